The van der Waals surface area contributed by atoms with Crippen molar-refractivity contribution in [3.8, 4) is 0 Å². The van der Waals surface area contributed by atoms with Crippen molar-refractivity contribution in [2.75, 3.05) is 12.8 Å². The second-order valence-corrected chi connectivity index (χ2v) is 6.15. The lowest BCUT2D eigenvalue weighted by molar-refractivity contribution is 0.348. The van der Waals surface area contributed by atoms with Gasteiger partial charge < -0.3 is 5.73 Å². The first-order valence-corrected chi connectivity index (χ1v) is 7.31. The van der Waals surface area contributed by atoms with Crippen LogP contribution in [0.3, 0.4) is 0 Å². The highest BCUT2D eigenvalue weighted by Gasteiger charge is 2.28. The van der Waals surface area contributed by atoms with E-state index >= 15 is 0 Å². The van der Waals surface area contributed by atoms with E-state index in [0.717, 1.165) is 6.07 Å². The molecular formula is C12H19FN2O2S. The quantitative estimate of drug-likeness (QED) is 0.837. The average Bonchev–Trinajstić information content (AvgIpc) is 2.29. The van der Waals surface area contributed by atoms with Gasteiger partial charge in [-0.05, 0) is 31.0 Å². The minimum atomic E-state index is -3.81. The number of anilines is 1. The molecule has 0 radical (unpaired) electrons. The molecule has 0 fully saturated rings. The molecular weight excluding hydrogens is 255 g/mol. The van der Waals surface area contributed by atoms with E-state index in [0.29, 0.717) is 12.8 Å². The van der Waals surface area contributed by atoms with E-state index in [1.165, 1.54) is 23.5 Å². The van der Waals surface area contributed by atoms with Crippen LogP contribution in [0.15, 0.2) is 23.1 Å². The van der Waals surface area contributed by atoms with Crippen LogP contribution in [-0.4, -0.2) is 25.8 Å². The van der Waals surface area contributed by atoms with Crippen molar-refractivity contribution in [1.29, 1.82) is 0 Å². The van der Waals surface area contributed by atoms with Gasteiger partial charge in [-0.1, -0.05) is 13.8 Å². The number of nitrogen functional groups attached to an aromatic ring is 1. The van der Waals surface area contributed by atoms with E-state index in [-0.39, 0.29) is 16.6 Å². The molecule has 0 unspecified atom stereocenters. The molecule has 1 rings (SSSR count). The van der Waals surface area contributed by atoms with Crippen molar-refractivity contribution in [2.24, 2.45) is 0 Å². The fraction of sp³-hybridized carbons (Fsp3) is 0.500. The lowest BCUT2D eigenvalue weighted by Crippen LogP contribution is -2.36. The van der Waals surface area contributed by atoms with Gasteiger partial charge in [0.1, 0.15) is 10.7 Å². The van der Waals surface area contributed by atoms with E-state index in [1.54, 1.807) is 0 Å². The third-order valence-electron chi connectivity index (χ3n) is 3.07. The average molecular weight is 274 g/mol. The molecule has 0 amide bonds. The zero-order valence-electron chi connectivity index (χ0n) is 10.9. The van der Waals surface area contributed by atoms with Gasteiger partial charge in [-0.15, -0.1) is 0 Å². The lowest BCUT2D eigenvalue weighted by Gasteiger charge is -2.25. The second kappa shape index (κ2) is 5.67. The molecule has 6 heteroatoms. The van der Waals surface area contributed by atoms with Crippen LogP contribution in [0, 0.1) is 5.82 Å². The summed E-state index contributed by atoms with van der Waals surface area (Å²) in [5.41, 5.74) is 5.62. The van der Waals surface area contributed by atoms with Crippen molar-refractivity contribution in [2.45, 2.75) is 37.6 Å². The Kier molecular flexibility index (Phi) is 4.70. The third-order valence-corrected chi connectivity index (χ3v) is 5.01. The summed E-state index contributed by atoms with van der Waals surface area (Å²) in [6.07, 6.45) is 1.37. The summed E-state index contributed by atoms with van der Waals surface area (Å²) >= 11 is 0. The van der Waals surface area contributed by atoms with Crippen molar-refractivity contribution in [1.82, 2.24) is 4.31 Å². The van der Waals surface area contributed by atoms with Gasteiger partial charge in [0.05, 0.1) is 0 Å². The summed E-state index contributed by atoms with van der Waals surface area (Å²) in [6, 6.07) is 3.48. The fourth-order valence-electron chi connectivity index (χ4n) is 1.88. The van der Waals surface area contributed by atoms with Gasteiger partial charge in [0.25, 0.3) is 0 Å². The van der Waals surface area contributed by atoms with Crippen molar-refractivity contribution >= 4 is 15.7 Å². The molecule has 0 aliphatic rings. The summed E-state index contributed by atoms with van der Waals surface area (Å²) in [4.78, 5) is -0.328. The van der Waals surface area contributed by atoms with Crippen LogP contribution >= 0.6 is 0 Å². The van der Waals surface area contributed by atoms with Crippen LogP contribution in [0.4, 0.5) is 10.1 Å². The molecule has 102 valence electrons. The maximum atomic E-state index is 13.7. The molecule has 0 saturated heterocycles. The van der Waals surface area contributed by atoms with Gasteiger partial charge in [-0.25, -0.2) is 12.8 Å². The predicted octanol–water partition coefficient (Wildman–Crippen LogP) is 2.22. The minimum absolute atomic E-state index is 0.132. The maximum Gasteiger partial charge on any atom is 0.245 e. The number of halogens is 1. The highest BCUT2D eigenvalue weighted by molar-refractivity contribution is 7.89. The summed E-state index contributed by atoms with van der Waals surface area (Å²) in [5.74, 6) is -0.812. The standard InChI is InChI=1S/C12H19FN2O2S/c1-4-10(5-2)15(3)18(16,17)12-7-6-9(14)8-11(12)13/h6-8,10H,4-5,14H2,1-3H3. The van der Waals surface area contributed by atoms with E-state index in [2.05, 4.69) is 0 Å². The number of hydrogen-bond acceptors (Lipinski definition) is 3. The Bertz CT molecular complexity index is 513. The minimum Gasteiger partial charge on any atom is -0.399 e. The SMILES string of the molecule is CCC(CC)N(C)S(=O)(=O)c1ccc(N)cc1F. The van der Waals surface area contributed by atoms with E-state index in [1.807, 2.05) is 13.8 Å². The van der Waals surface area contributed by atoms with Crippen LogP contribution in [0.5, 0.6) is 0 Å². The molecule has 0 heterocycles. The van der Waals surface area contributed by atoms with Crippen LogP contribution in [0.1, 0.15) is 26.7 Å². The zero-order valence-corrected chi connectivity index (χ0v) is 11.7. The first kappa shape index (κ1) is 14.9. The van der Waals surface area contributed by atoms with Crippen molar-refractivity contribution in [3.05, 3.63) is 24.0 Å². The highest BCUT2D eigenvalue weighted by Crippen LogP contribution is 2.23. The van der Waals surface area contributed by atoms with Gasteiger partial charge in [-0.2, -0.15) is 4.31 Å². The Morgan fingerprint density at radius 1 is 1.33 bits per heavy atom. The number of nitrogens with zero attached hydrogens (tertiary/aromatic N) is 1. The summed E-state index contributed by atoms with van der Waals surface area (Å²) < 4.78 is 39.5. The number of sulfonamides is 1. The number of nitrogens with two attached hydrogens (primary N) is 1. The summed E-state index contributed by atoms with van der Waals surface area (Å²) in [5, 5.41) is 0. The Hall–Kier alpha value is -1.14. The normalized spacial score (nSPS) is 12.3. The van der Waals surface area contributed by atoms with Gasteiger partial charge >= 0.3 is 0 Å². The second-order valence-electron chi connectivity index (χ2n) is 4.18. The van der Waals surface area contributed by atoms with Gasteiger partial charge in [-0.3, -0.25) is 0 Å². The molecule has 1 aromatic rings. The number of benzene rings is 1. The maximum absolute atomic E-state index is 13.7. The Labute approximate surface area is 108 Å². The molecule has 0 spiro atoms. The highest BCUT2D eigenvalue weighted by atomic mass is 32.2. The van der Waals surface area contributed by atoms with Gasteiger partial charge in [0, 0.05) is 18.8 Å². The van der Waals surface area contributed by atoms with Crippen LogP contribution in [0.2, 0.25) is 0 Å². The number of rotatable bonds is 5. The van der Waals surface area contributed by atoms with Crippen LogP contribution in [-0.2, 0) is 10.0 Å². The molecule has 18 heavy (non-hydrogen) atoms. The molecule has 0 aliphatic carbocycles. The van der Waals surface area contributed by atoms with Crippen molar-refractivity contribution in [3.63, 3.8) is 0 Å². The largest absolute Gasteiger partial charge is 0.399 e. The molecule has 0 aliphatic heterocycles. The first-order chi connectivity index (χ1) is 8.34. The molecule has 0 atom stereocenters. The Morgan fingerprint density at radius 2 is 1.89 bits per heavy atom. The fourth-order valence-corrected chi connectivity index (χ4v) is 3.43. The predicted molar refractivity (Wildman–Crippen MR) is 70.1 cm³/mol. The molecule has 0 aromatic heterocycles. The monoisotopic (exact) mass is 274 g/mol. The van der Waals surface area contributed by atoms with Crippen LogP contribution in [0.25, 0.3) is 0 Å². The number of hydrogen-bond donors (Lipinski definition) is 1. The zero-order chi connectivity index (χ0) is 13.9. The Balaban J connectivity index is 3.21. The molecule has 0 saturated carbocycles. The molecule has 4 nitrogen and oxygen atoms in total. The molecule has 1 aromatic carbocycles. The summed E-state index contributed by atoms with van der Waals surface area (Å²) in [7, 11) is -2.33. The third kappa shape index (κ3) is 2.81. The molecule has 0 bridgehead atoms. The lowest BCUT2D eigenvalue weighted by atomic mass is 10.2. The van der Waals surface area contributed by atoms with Crippen LogP contribution < -0.4 is 5.73 Å². The van der Waals surface area contributed by atoms with E-state index in [4.69, 9.17) is 5.73 Å². The van der Waals surface area contributed by atoms with Gasteiger partial charge in [0.2, 0.25) is 10.0 Å². The Morgan fingerprint density at radius 3 is 2.33 bits per heavy atom. The smallest absolute Gasteiger partial charge is 0.245 e. The topological polar surface area (TPSA) is 63.4 Å². The van der Waals surface area contributed by atoms with Crippen molar-refractivity contribution < 1.29 is 12.8 Å². The summed E-state index contributed by atoms with van der Waals surface area (Å²) in [6.45, 7) is 3.80. The first-order valence-electron chi connectivity index (χ1n) is 5.87. The van der Waals surface area contributed by atoms with Gasteiger partial charge in [0.15, 0.2) is 0 Å². The van der Waals surface area contributed by atoms with E-state index in [9.17, 15) is 12.8 Å². The van der Waals surface area contributed by atoms with E-state index < -0.39 is 15.8 Å². The molecule has 2 N–H and O–H groups in total.